The third kappa shape index (κ3) is 3.64. The Labute approximate surface area is 142 Å². The Balaban J connectivity index is 1.71. The average Bonchev–Trinajstić information content (AvgIpc) is 3.16. The quantitative estimate of drug-likeness (QED) is 0.252. The Morgan fingerprint density at radius 1 is 1.29 bits per heavy atom. The van der Waals surface area contributed by atoms with Crippen molar-refractivity contribution in [3.8, 4) is 5.75 Å². The lowest BCUT2D eigenvalue weighted by Crippen LogP contribution is -2.54. The van der Waals surface area contributed by atoms with Crippen molar-refractivity contribution in [3.05, 3.63) is 30.3 Å². The molecular formula is C17H25BN2O4. The highest BCUT2D eigenvalue weighted by Gasteiger charge is 2.55. The van der Waals surface area contributed by atoms with Gasteiger partial charge in [-0.25, -0.2) is 4.79 Å². The van der Waals surface area contributed by atoms with Crippen LogP contribution in [0.25, 0.3) is 0 Å². The van der Waals surface area contributed by atoms with E-state index < -0.39 is 12.7 Å². The highest BCUT2D eigenvalue weighted by atomic mass is 16.5. The number of unbranched alkanes of at least 4 members (excludes halogenated alkanes) is 1. The maximum absolute atomic E-state index is 13.0. The van der Waals surface area contributed by atoms with Crippen LogP contribution >= 0.6 is 0 Å². The topological polar surface area (TPSA) is 90.8 Å². The highest BCUT2D eigenvalue weighted by molar-refractivity contribution is 6.40. The number of esters is 1. The van der Waals surface area contributed by atoms with Crippen LogP contribution in [0.5, 0.6) is 5.75 Å². The summed E-state index contributed by atoms with van der Waals surface area (Å²) >= 11 is 0. The molecule has 0 radical (unpaired) electrons. The Hall–Kier alpha value is -1.41. The summed E-state index contributed by atoms with van der Waals surface area (Å²) in [6.45, 7) is 1.68. The molecule has 0 saturated carbocycles. The monoisotopic (exact) mass is 332 g/mol. The number of carbonyl (C=O) groups is 1. The molecule has 0 spiro atoms. The van der Waals surface area contributed by atoms with Crippen molar-refractivity contribution in [1.29, 1.82) is 0 Å². The summed E-state index contributed by atoms with van der Waals surface area (Å²) in [6, 6.07) is 9.45. The fraction of sp³-hybridized carbons (Fsp3) is 0.588. The molecule has 2 aliphatic heterocycles. The van der Waals surface area contributed by atoms with Crippen LogP contribution in [0.2, 0.25) is 6.32 Å². The highest BCUT2D eigenvalue weighted by Crippen LogP contribution is 2.38. The van der Waals surface area contributed by atoms with E-state index >= 15 is 0 Å². The van der Waals surface area contributed by atoms with Gasteiger partial charge < -0.3 is 20.1 Å². The van der Waals surface area contributed by atoms with Crippen molar-refractivity contribution < 1.29 is 19.6 Å². The van der Waals surface area contributed by atoms with Crippen LogP contribution in [0.4, 0.5) is 0 Å². The molecule has 24 heavy (non-hydrogen) atoms. The van der Waals surface area contributed by atoms with Crippen LogP contribution in [0.15, 0.2) is 30.3 Å². The van der Waals surface area contributed by atoms with Gasteiger partial charge in [0.05, 0.1) is 0 Å². The van der Waals surface area contributed by atoms with Crippen molar-refractivity contribution >= 4 is 13.1 Å². The van der Waals surface area contributed by atoms with Gasteiger partial charge in [0.15, 0.2) is 0 Å². The summed E-state index contributed by atoms with van der Waals surface area (Å²) in [5.41, 5.74) is -0.690. The minimum absolute atomic E-state index is 0.216. The van der Waals surface area contributed by atoms with E-state index in [2.05, 4.69) is 10.6 Å². The van der Waals surface area contributed by atoms with Crippen LogP contribution in [0.3, 0.4) is 0 Å². The molecule has 7 heteroatoms. The second kappa shape index (κ2) is 7.65. The van der Waals surface area contributed by atoms with Crippen LogP contribution in [0.1, 0.15) is 25.7 Å². The third-order valence-electron chi connectivity index (χ3n) is 5.22. The number of benzene rings is 1. The van der Waals surface area contributed by atoms with Gasteiger partial charge in [0.2, 0.25) is 0 Å². The predicted octanol–water partition coefficient (Wildman–Crippen LogP) is 0.555. The van der Waals surface area contributed by atoms with Crippen molar-refractivity contribution in [2.45, 2.75) is 43.6 Å². The molecule has 6 nitrogen and oxygen atoms in total. The van der Waals surface area contributed by atoms with Crippen LogP contribution in [-0.4, -0.2) is 47.8 Å². The molecule has 3 atom stereocenters. The summed E-state index contributed by atoms with van der Waals surface area (Å²) in [5, 5.41) is 24.9. The SMILES string of the molecule is O=C(Oc1ccccc1)[C@]1(CCCCB(O)O)NC[C@@H]2NCC[C@@H]21. The zero-order chi connectivity index (χ0) is 17.0. The van der Waals surface area contributed by atoms with E-state index in [1.165, 1.54) is 0 Å². The Morgan fingerprint density at radius 3 is 2.83 bits per heavy atom. The minimum atomic E-state index is -1.28. The molecule has 0 bridgehead atoms. The lowest BCUT2D eigenvalue weighted by atomic mass is 9.77. The van der Waals surface area contributed by atoms with Crippen molar-refractivity contribution in [2.24, 2.45) is 5.92 Å². The lowest BCUT2D eigenvalue weighted by Gasteiger charge is -2.32. The van der Waals surface area contributed by atoms with E-state index in [1.54, 1.807) is 12.1 Å². The predicted molar refractivity (Wildman–Crippen MR) is 91.6 cm³/mol. The van der Waals surface area contributed by atoms with Gasteiger partial charge in [-0.15, -0.1) is 0 Å². The largest absolute Gasteiger partial charge is 0.451 e. The number of nitrogens with one attached hydrogen (secondary N) is 2. The normalized spacial score (nSPS) is 28.6. The van der Waals surface area contributed by atoms with Crippen LogP contribution in [-0.2, 0) is 4.79 Å². The second-order valence-electron chi connectivity index (χ2n) is 6.74. The molecule has 130 valence electrons. The molecule has 0 aliphatic carbocycles. The first kappa shape index (κ1) is 17.4. The van der Waals surface area contributed by atoms with Gasteiger partial charge in [0.25, 0.3) is 0 Å². The average molecular weight is 332 g/mol. The van der Waals surface area contributed by atoms with Gasteiger partial charge >= 0.3 is 13.1 Å². The molecular weight excluding hydrogens is 307 g/mol. The van der Waals surface area contributed by atoms with Crippen LogP contribution in [0, 0.1) is 5.92 Å². The fourth-order valence-electron chi connectivity index (χ4n) is 4.01. The maximum Gasteiger partial charge on any atom is 0.451 e. The summed E-state index contributed by atoms with van der Waals surface area (Å²) in [6.07, 6.45) is 3.34. The van der Waals surface area contributed by atoms with Gasteiger partial charge in [-0.2, -0.15) is 0 Å². The molecule has 1 aromatic carbocycles. The number of carbonyl (C=O) groups excluding carboxylic acids is 1. The Kier molecular flexibility index (Phi) is 5.55. The molecule has 0 amide bonds. The number of para-hydroxylation sites is 1. The van der Waals surface area contributed by atoms with E-state index in [0.717, 1.165) is 25.9 Å². The van der Waals surface area contributed by atoms with E-state index in [0.29, 0.717) is 31.0 Å². The molecule has 0 aromatic heterocycles. The van der Waals surface area contributed by atoms with Crippen LogP contribution < -0.4 is 15.4 Å². The van der Waals surface area contributed by atoms with Crippen molar-refractivity contribution in [1.82, 2.24) is 10.6 Å². The molecule has 2 aliphatic rings. The summed E-state index contributed by atoms with van der Waals surface area (Å²) in [4.78, 5) is 13.0. The van der Waals surface area contributed by atoms with E-state index in [4.69, 9.17) is 14.8 Å². The van der Waals surface area contributed by atoms with Gasteiger partial charge in [-0.3, -0.25) is 5.32 Å². The van der Waals surface area contributed by atoms with Crippen molar-refractivity contribution in [2.75, 3.05) is 13.1 Å². The molecule has 1 aromatic rings. The zero-order valence-corrected chi connectivity index (χ0v) is 13.8. The standard InChI is InChI=1S/C17H25BN2O4/c21-16(24-13-6-2-1-3-7-13)17(9-4-5-10-18(22)23)14-8-11-19-15(14)12-20-17/h1-3,6-7,14-15,19-20,22-23H,4-5,8-12H2/t14-,15-,17+/m0/s1. The van der Waals surface area contributed by atoms with E-state index in [9.17, 15) is 4.79 Å². The molecule has 2 fully saturated rings. The minimum Gasteiger partial charge on any atom is -0.427 e. The maximum atomic E-state index is 13.0. The summed E-state index contributed by atoms with van der Waals surface area (Å²) in [7, 11) is -1.28. The molecule has 2 heterocycles. The fourth-order valence-corrected chi connectivity index (χ4v) is 4.01. The van der Waals surface area contributed by atoms with E-state index in [-0.39, 0.29) is 11.9 Å². The van der Waals surface area contributed by atoms with Crippen molar-refractivity contribution in [3.63, 3.8) is 0 Å². The Bertz CT molecular complexity index is 557. The first-order valence-corrected chi connectivity index (χ1v) is 8.74. The Morgan fingerprint density at radius 2 is 2.08 bits per heavy atom. The second-order valence-corrected chi connectivity index (χ2v) is 6.74. The molecule has 0 unspecified atom stereocenters. The summed E-state index contributed by atoms with van der Waals surface area (Å²) < 4.78 is 5.66. The van der Waals surface area contributed by atoms with Gasteiger partial charge in [0.1, 0.15) is 11.3 Å². The van der Waals surface area contributed by atoms with E-state index in [1.807, 2.05) is 18.2 Å². The first-order chi connectivity index (χ1) is 11.6. The first-order valence-electron chi connectivity index (χ1n) is 8.74. The molecule has 4 N–H and O–H groups in total. The molecule has 3 rings (SSSR count). The zero-order valence-electron chi connectivity index (χ0n) is 13.8. The number of rotatable bonds is 7. The van der Waals surface area contributed by atoms with Gasteiger partial charge in [-0.05, 0) is 37.8 Å². The lowest BCUT2D eigenvalue weighted by molar-refractivity contribution is -0.143. The van der Waals surface area contributed by atoms with Gasteiger partial charge in [-0.1, -0.05) is 31.0 Å². The smallest absolute Gasteiger partial charge is 0.427 e. The summed E-state index contributed by atoms with van der Waals surface area (Å²) in [5.74, 6) is 0.547. The number of ether oxygens (including phenoxy) is 1. The molecule has 2 saturated heterocycles. The number of fused-ring (bicyclic) bond motifs is 1. The number of hydrogen-bond donors (Lipinski definition) is 4. The number of hydrogen-bond acceptors (Lipinski definition) is 6. The third-order valence-corrected chi connectivity index (χ3v) is 5.22. The van der Waals surface area contributed by atoms with Gasteiger partial charge in [0, 0.05) is 18.5 Å².